The fourth-order valence-corrected chi connectivity index (χ4v) is 1.71. The summed E-state index contributed by atoms with van der Waals surface area (Å²) < 4.78 is 1.14. The van der Waals surface area contributed by atoms with Gasteiger partial charge in [-0.3, -0.25) is 14.3 Å². The van der Waals surface area contributed by atoms with Gasteiger partial charge in [0.15, 0.2) is 0 Å². The van der Waals surface area contributed by atoms with Crippen LogP contribution in [-0.2, 0) is 7.05 Å². The first kappa shape index (κ1) is 14.3. The lowest BCUT2D eigenvalue weighted by Crippen LogP contribution is -2.37. The van der Waals surface area contributed by atoms with Crippen LogP contribution >= 0.6 is 0 Å². The Balaban J connectivity index is 2.96. The number of aromatic nitrogens is 2. The van der Waals surface area contributed by atoms with Crippen molar-refractivity contribution in [2.75, 3.05) is 17.6 Å². The normalized spacial score (nSPS) is 14.2. The maximum Gasteiger partial charge on any atom is 0.329 e. The third kappa shape index (κ3) is 3.13. The van der Waals surface area contributed by atoms with Crippen molar-refractivity contribution in [3.63, 3.8) is 0 Å². The van der Waals surface area contributed by atoms with Crippen LogP contribution in [0.5, 0.6) is 0 Å². The number of aromatic amines is 1. The van der Waals surface area contributed by atoms with Crippen molar-refractivity contribution >= 4 is 11.5 Å². The molecule has 5 N–H and O–H groups in total. The molecule has 1 atom stereocenters. The van der Waals surface area contributed by atoms with Gasteiger partial charge in [-0.05, 0) is 13.3 Å². The highest BCUT2D eigenvalue weighted by Crippen LogP contribution is 2.14. The second kappa shape index (κ2) is 5.26. The number of rotatable bonds is 5. The van der Waals surface area contributed by atoms with Crippen molar-refractivity contribution in [1.82, 2.24) is 9.55 Å². The predicted octanol–water partition coefficient (Wildman–Crippen LogP) is -0.381. The monoisotopic (exact) mass is 256 g/mol. The summed E-state index contributed by atoms with van der Waals surface area (Å²) in [4.78, 5) is 25.0. The Morgan fingerprint density at radius 3 is 2.67 bits per heavy atom. The van der Waals surface area contributed by atoms with Crippen molar-refractivity contribution in [1.29, 1.82) is 0 Å². The smallest absolute Gasteiger partial charge is 0.329 e. The standard InChI is InChI=1S/C11H20N4O3/c1-4-5-11(2,18)6-13-7-8(12)15(3)10(17)14-9(7)16/h13,18H,4-6,12H2,1-3H3,(H,14,16,17). The molecule has 0 aliphatic rings. The highest BCUT2D eigenvalue weighted by Gasteiger charge is 2.20. The van der Waals surface area contributed by atoms with Gasteiger partial charge in [-0.15, -0.1) is 0 Å². The van der Waals surface area contributed by atoms with E-state index in [9.17, 15) is 14.7 Å². The van der Waals surface area contributed by atoms with Crippen LogP contribution in [-0.4, -0.2) is 26.8 Å². The predicted molar refractivity (Wildman–Crippen MR) is 70.7 cm³/mol. The van der Waals surface area contributed by atoms with Gasteiger partial charge in [-0.2, -0.15) is 0 Å². The number of nitrogens with two attached hydrogens (primary N) is 1. The van der Waals surface area contributed by atoms with Crippen molar-refractivity contribution in [2.45, 2.75) is 32.3 Å². The quantitative estimate of drug-likeness (QED) is 0.573. The molecule has 0 aromatic carbocycles. The van der Waals surface area contributed by atoms with E-state index in [0.29, 0.717) is 6.42 Å². The van der Waals surface area contributed by atoms with Gasteiger partial charge >= 0.3 is 5.69 Å². The number of H-pyrrole nitrogens is 1. The van der Waals surface area contributed by atoms with E-state index in [2.05, 4.69) is 10.3 Å². The van der Waals surface area contributed by atoms with Crippen molar-refractivity contribution in [3.8, 4) is 0 Å². The molecule has 1 heterocycles. The summed E-state index contributed by atoms with van der Waals surface area (Å²) >= 11 is 0. The highest BCUT2D eigenvalue weighted by atomic mass is 16.3. The van der Waals surface area contributed by atoms with E-state index in [4.69, 9.17) is 5.73 Å². The molecule has 7 nitrogen and oxygen atoms in total. The molecular weight excluding hydrogens is 236 g/mol. The first-order valence-electron chi connectivity index (χ1n) is 5.83. The Kier molecular flexibility index (Phi) is 4.18. The summed E-state index contributed by atoms with van der Waals surface area (Å²) in [6.45, 7) is 3.82. The average Bonchev–Trinajstić information content (AvgIpc) is 2.25. The van der Waals surface area contributed by atoms with Gasteiger partial charge in [-0.1, -0.05) is 13.3 Å². The number of nitrogens with zero attached hydrogens (tertiary/aromatic N) is 1. The van der Waals surface area contributed by atoms with E-state index < -0.39 is 16.9 Å². The van der Waals surface area contributed by atoms with Crippen LogP contribution < -0.4 is 22.3 Å². The van der Waals surface area contributed by atoms with Gasteiger partial charge in [-0.25, -0.2) is 4.79 Å². The van der Waals surface area contributed by atoms with E-state index in [1.165, 1.54) is 7.05 Å². The van der Waals surface area contributed by atoms with Gasteiger partial charge < -0.3 is 16.2 Å². The van der Waals surface area contributed by atoms with Crippen LogP contribution in [0.4, 0.5) is 11.5 Å². The number of nitrogen functional groups attached to an aromatic ring is 1. The fourth-order valence-electron chi connectivity index (χ4n) is 1.71. The number of hydrogen-bond acceptors (Lipinski definition) is 5. The lowest BCUT2D eigenvalue weighted by Gasteiger charge is -2.23. The number of hydrogen-bond donors (Lipinski definition) is 4. The molecule has 7 heteroatoms. The molecular formula is C11H20N4O3. The highest BCUT2D eigenvalue weighted by molar-refractivity contribution is 5.60. The molecule has 0 radical (unpaired) electrons. The molecule has 0 saturated carbocycles. The van der Waals surface area contributed by atoms with E-state index in [1.807, 2.05) is 6.92 Å². The van der Waals surface area contributed by atoms with Crippen LogP contribution in [0.25, 0.3) is 0 Å². The van der Waals surface area contributed by atoms with Crippen LogP contribution in [0.1, 0.15) is 26.7 Å². The van der Waals surface area contributed by atoms with Crippen LogP contribution in [0.3, 0.4) is 0 Å². The molecule has 1 unspecified atom stereocenters. The molecule has 0 aliphatic carbocycles. The van der Waals surface area contributed by atoms with Crippen molar-refractivity contribution in [3.05, 3.63) is 20.8 Å². The molecule has 0 spiro atoms. The fraction of sp³-hybridized carbons (Fsp3) is 0.636. The van der Waals surface area contributed by atoms with Gasteiger partial charge in [0.1, 0.15) is 11.5 Å². The van der Waals surface area contributed by atoms with Crippen LogP contribution in [0, 0.1) is 0 Å². The summed E-state index contributed by atoms with van der Waals surface area (Å²) in [6.07, 6.45) is 1.43. The molecule has 1 rings (SSSR count). The molecule has 0 saturated heterocycles. The number of nitrogens with one attached hydrogen (secondary N) is 2. The molecule has 102 valence electrons. The first-order chi connectivity index (χ1) is 8.28. The first-order valence-corrected chi connectivity index (χ1v) is 5.83. The van der Waals surface area contributed by atoms with Gasteiger partial charge in [0, 0.05) is 13.6 Å². The zero-order valence-corrected chi connectivity index (χ0v) is 10.9. The van der Waals surface area contributed by atoms with Crippen molar-refractivity contribution < 1.29 is 5.11 Å². The Labute approximate surface area is 105 Å². The largest absolute Gasteiger partial charge is 0.388 e. The zero-order chi connectivity index (χ0) is 13.9. The molecule has 0 fully saturated rings. The summed E-state index contributed by atoms with van der Waals surface area (Å²) in [5, 5.41) is 12.8. The minimum atomic E-state index is -0.928. The Morgan fingerprint density at radius 1 is 1.50 bits per heavy atom. The molecule has 18 heavy (non-hydrogen) atoms. The average molecular weight is 256 g/mol. The van der Waals surface area contributed by atoms with E-state index >= 15 is 0 Å². The summed E-state index contributed by atoms with van der Waals surface area (Å²) in [7, 11) is 1.46. The summed E-state index contributed by atoms with van der Waals surface area (Å²) in [5.41, 5.74) is 3.72. The Bertz CT molecular complexity index is 530. The van der Waals surface area contributed by atoms with Gasteiger partial charge in [0.05, 0.1) is 5.60 Å². The van der Waals surface area contributed by atoms with Crippen LogP contribution in [0.15, 0.2) is 9.59 Å². The lowest BCUT2D eigenvalue weighted by atomic mass is 10.0. The number of aliphatic hydroxyl groups is 1. The molecule has 0 aliphatic heterocycles. The SMILES string of the molecule is CCCC(C)(O)CNc1c(N)n(C)c(=O)[nH]c1=O. The zero-order valence-electron chi connectivity index (χ0n) is 10.9. The third-order valence-corrected chi connectivity index (χ3v) is 2.80. The van der Waals surface area contributed by atoms with E-state index in [0.717, 1.165) is 11.0 Å². The third-order valence-electron chi connectivity index (χ3n) is 2.80. The van der Waals surface area contributed by atoms with Crippen LogP contribution in [0.2, 0.25) is 0 Å². The maximum absolute atomic E-state index is 11.6. The summed E-state index contributed by atoms with van der Waals surface area (Å²) in [6, 6.07) is 0. The topological polar surface area (TPSA) is 113 Å². The maximum atomic E-state index is 11.6. The van der Waals surface area contributed by atoms with Crippen molar-refractivity contribution in [2.24, 2.45) is 7.05 Å². The molecule has 1 aromatic heterocycles. The molecule has 1 aromatic rings. The minimum Gasteiger partial charge on any atom is -0.388 e. The minimum absolute atomic E-state index is 0.0519. The Hall–Kier alpha value is -1.76. The summed E-state index contributed by atoms with van der Waals surface area (Å²) in [5.74, 6) is 0.0519. The number of anilines is 2. The second-order valence-electron chi connectivity index (χ2n) is 4.68. The van der Waals surface area contributed by atoms with Gasteiger partial charge in [0.25, 0.3) is 5.56 Å². The van der Waals surface area contributed by atoms with E-state index in [1.54, 1.807) is 6.92 Å². The Morgan fingerprint density at radius 2 is 2.11 bits per heavy atom. The lowest BCUT2D eigenvalue weighted by molar-refractivity contribution is 0.0636. The molecule has 0 amide bonds. The van der Waals surface area contributed by atoms with E-state index in [-0.39, 0.29) is 18.1 Å². The van der Waals surface area contributed by atoms with Gasteiger partial charge in [0.2, 0.25) is 0 Å². The second-order valence-corrected chi connectivity index (χ2v) is 4.68. The molecule has 0 bridgehead atoms.